The second-order valence-electron chi connectivity index (χ2n) is 3.80. The molecule has 0 unspecified atom stereocenters. The Bertz CT molecular complexity index is 383. The standard InChI is InChI=1S/C13H16O3/c1-10-8-12(9-14)5-6-13(10)16-7-3-4-11(2)15/h5-6,8-9H,3-4,7H2,1-2H3. The lowest BCUT2D eigenvalue weighted by atomic mass is 10.1. The van der Waals surface area contributed by atoms with Crippen LogP contribution >= 0.6 is 0 Å². The lowest BCUT2D eigenvalue weighted by molar-refractivity contribution is -0.117. The normalized spacial score (nSPS) is 9.88. The maximum atomic E-state index is 10.7. The van der Waals surface area contributed by atoms with E-state index in [4.69, 9.17) is 4.74 Å². The van der Waals surface area contributed by atoms with Crippen molar-refractivity contribution in [2.75, 3.05) is 6.61 Å². The van der Waals surface area contributed by atoms with Gasteiger partial charge in [-0.3, -0.25) is 4.79 Å². The summed E-state index contributed by atoms with van der Waals surface area (Å²) in [5.74, 6) is 0.950. The summed E-state index contributed by atoms with van der Waals surface area (Å²) in [6, 6.07) is 5.29. The van der Waals surface area contributed by atoms with Crippen molar-refractivity contribution >= 4 is 12.1 Å². The van der Waals surface area contributed by atoms with Gasteiger partial charge in [-0.15, -0.1) is 0 Å². The van der Waals surface area contributed by atoms with Crippen LogP contribution in [0.25, 0.3) is 0 Å². The highest BCUT2D eigenvalue weighted by molar-refractivity contribution is 5.75. The molecule has 0 radical (unpaired) electrons. The molecule has 3 nitrogen and oxygen atoms in total. The van der Waals surface area contributed by atoms with Gasteiger partial charge in [0.15, 0.2) is 0 Å². The molecule has 16 heavy (non-hydrogen) atoms. The summed E-state index contributed by atoms with van der Waals surface area (Å²) < 4.78 is 5.52. The molecule has 0 N–H and O–H groups in total. The highest BCUT2D eigenvalue weighted by atomic mass is 16.5. The highest BCUT2D eigenvalue weighted by Crippen LogP contribution is 2.18. The number of aryl methyl sites for hydroxylation is 1. The molecule has 86 valence electrons. The van der Waals surface area contributed by atoms with Gasteiger partial charge in [0.2, 0.25) is 0 Å². The number of rotatable bonds is 6. The number of aldehydes is 1. The summed E-state index contributed by atoms with van der Waals surface area (Å²) in [6.45, 7) is 4.00. The Morgan fingerprint density at radius 2 is 2.19 bits per heavy atom. The molecule has 0 aliphatic heterocycles. The molecule has 0 fully saturated rings. The number of hydrogen-bond donors (Lipinski definition) is 0. The van der Waals surface area contributed by atoms with E-state index in [1.54, 1.807) is 25.1 Å². The molecule has 0 saturated carbocycles. The Hall–Kier alpha value is -1.64. The average Bonchev–Trinajstić information content (AvgIpc) is 2.25. The van der Waals surface area contributed by atoms with E-state index in [9.17, 15) is 9.59 Å². The van der Waals surface area contributed by atoms with Crippen molar-refractivity contribution in [2.24, 2.45) is 0 Å². The van der Waals surface area contributed by atoms with Gasteiger partial charge in [-0.05, 0) is 44.0 Å². The molecule has 0 atom stereocenters. The number of carbonyl (C=O) groups is 2. The topological polar surface area (TPSA) is 43.4 Å². The summed E-state index contributed by atoms with van der Waals surface area (Å²) in [4.78, 5) is 21.2. The Morgan fingerprint density at radius 3 is 2.75 bits per heavy atom. The number of ketones is 1. The van der Waals surface area contributed by atoms with Crippen LogP contribution in [0.15, 0.2) is 18.2 Å². The molecule has 0 aromatic heterocycles. The number of Topliss-reactive ketones (excluding diaryl/α,β-unsaturated/α-hetero) is 1. The smallest absolute Gasteiger partial charge is 0.150 e. The molecule has 1 aromatic carbocycles. The van der Waals surface area contributed by atoms with Gasteiger partial charge in [-0.2, -0.15) is 0 Å². The predicted molar refractivity (Wildman–Crippen MR) is 62.0 cm³/mol. The monoisotopic (exact) mass is 220 g/mol. The van der Waals surface area contributed by atoms with E-state index in [0.717, 1.165) is 24.0 Å². The highest BCUT2D eigenvalue weighted by Gasteiger charge is 2.01. The van der Waals surface area contributed by atoms with Crippen LogP contribution in [0.3, 0.4) is 0 Å². The fourth-order valence-electron chi connectivity index (χ4n) is 1.41. The average molecular weight is 220 g/mol. The minimum Gasteiger partial charge on any atom is -0.493 e. The molecule has 0 aliphatic rings. The molecule has 0 aliphatic carbocycles. The Balaban J connectivity index is 2.48. The maximum Gasteiger partial charge on any atom is 0.150 e. The lowest BCUT2D eigenvalue weighted by Crippen LogP contribution is -2.01. The summed E-state index contributed by atoms with van der Waals surface area (Å²) in [5.41, 5.74) is 1.58. The third-order valence-corrected chi connectivity index (χ3v) is 2.27. The molecular weight excluding hydrogens is 204 g/mol. The second kappa shape index (κ2) is 6.05. The van der Waals surface area contributed by atoms with Gasteiger partial charge in [-0.25, -0.2) is 0 Å². The van der Waals surface area contributed by atoms with Crippen LogP contribution in [0.4, 0.5) is 0 Å². The first-order valence-electron chi connectivity index (χ1n) is 5.31. The van der Waals surface area contributed by atoms with Crippen molar-refractivity contribution in [3.63, 3.8) is 0 Å². The maximum absolute atomic E-state index is 10.7. The minimum atomic E-state index is 0.177. The van der Waals surface area contributed by atoms with Crippen LogP contribution in [0, 0.1) is 6.92 Å². The molecule has 0 spiro atoms. The Morgan fingerprint density at radius 1 is 1.44 bits per heavy atom. The number of benzene rings is 1. The quantitative estimate of drug-likeness (QED) is 0.546. The molecule has 0 heterocycles. The van der Waals surface area contributed by atoms with Crippen molar-refractivity contribution < 1.29 is 14.3 Å². The van der Waals surface area contributed by atoms with Gasteiger partial charge >= 0.3 is 0 Å². The summed E-state index contributed by atoms with van der Waals surface area (Å²) >= 11 is 0. The zero-order chi connectivity index (χ0) is 12.0. The van der Waals surface area contributed by atoms with Crippen molar-refractivity contribution in [1.82, 2.24) is 0 Å². The van der Waals surface area contributed by atoms with Crippen LogP contribution in [0.5, 0.6) is 5.75 Å². The first kappa shape index (κ1) is 12.4. The van der Waals surface area contributed by atoms with E-state index in [-0.39, 0.29) is 5.78 Å². The molecule has 0 amide bonds. The first-order chi connectivity index (χ1) is 7.63. The van der Waals surface area contributed by atoms with Gasteiger partial charge in [0.1, 0.15) is 17.8 Å². The van der Waals surface area contributed by atoms with E-state index in [1.807, 2.05) is 6.92 Å². The van der Waals surface area contributed by atoms with Crippen LogP contribution in [0.2, 0.25) is 0 Å². The van der Waals surface area contributed by atoms with Crippen LogP contribution in [0.1, 0.15) is 35.7 Å². The SMILES string of the molecule is CC(=O)CCCOc1ccc(C=O)cc1C. The molecule has 1 aromatic rings. The van der Waals surface area contributed by atoms with Crippen LogP contribution in [-0.4, -0.2) is 18.7 Å². The van der Waals surface area contributed by atoms with Crippen molar-refractivity contribution in [3.05, 3.63) is 29.3 Å². The Kier molecular flexibility index (Phi) is 4.70. The van der Waals surface area contributed by atoms with Crippen LogP contribution < -0.4 is 4.74 Å². The van der Waals surface area contributed by atoms with Gasteiger partial charge in [0.25, 0.3) is 0 Å². The van der Waals surface area contributed by atoms with E-state index < -0.39 is 0 Å². The minimum absolute atomic E-state index is 0.177. The fraction of sp³-hybridized carbons (Fsp3) is 0.385. The second-order valence-corrected chi connectivity index (χ2v) is 3.80. The molecule has 3 heteroatoms. The number of carbonyl (C=O) groups excluding carboxylic acids is 2. The predicted octanol–water partition coefficient (Wildman–Crippen LogP) is 2.56. The van der Waals surface area contributed by atoms with Crippen molar-refractivity contribution in [2.45, 2.75) is 26.7 Å². The molecular formula is C13H16O3. The molecule has 0 saturated heterocycles. The largest absolute Gasteiger partial charge is 0.493 e. The molecule has 0 bridgehead atoms. The lowest BCUT2D eigenvalue weighted by Gasteiger charge is -2.08. The molecule has 1 rings (SSSR count). The van der Waals surface area contributed by atoms with Gasteiger partial charge in [0.05, 0.1) is 6.61 Å². The number of hydrogen-bond acceptors (Lipinski definition) is 3. The third-order valence-electron chi connectivity index (χ3n) is 2.27. The van der Waals surface area contributed by atoms with Gasteiger partial charge < -0.3 is 9.53 Å². The summed E-state index contributed by atoms with van der Waals surface area (Å²) in [5, 5.41) is 0. The summed E-state index contributed by atoms with van der Waals surface area (Å²) in [7, 11) is 0. The zero-order valence-corrected chi connectivity index (χ0v) is 9.66. The Labute approximate surface area is 95.4 Å². The van der Waals surface area contributed by atoms with E-state index >= 15 is 0 Å². The van der Waals surface area contributed by atoms with Crippen LogP contribution in [-0.2, 0) is 4.79 Å². The van der Waals surface area contributed by atoms with E-state index in [2.05, 4.69) is 0 Å². The number of ether oxygens (including phenoxy) is 1. The first-order valence-corrected chi connectivity index (χ1v) is 5.31. The van der Waals surface area contributed by atoms with Crippen molar-refractivity contribution in [3.8, 4) is 5.75 Å². The third kappa shape index (κ3) is 3.85. The van der Waals surface area contributed by atoms with Gasteiger partial charge in [0, 0.05) is 12.0 Å². The van der Waals surface area contributed by atoms with E-state index in [0.29, 0.717) is 18.6 Å². The van der Waals surface area contributed by atoms with E-state index in [1.165, 1.54) is 0 Å². The summed E-state index contributed by atoms with van der Waals surface area (Å²) in [6.07, 6.45) is 2.09. The zero-order valence-electron chi connectivity index (χ0n) is 9.66. The van der Waals surface area contributed by atoms with Gasteiger partial charge in [-0.1, -0.05) is 0 Å². The van der Waals surface area contributed by atoms with Crippen molar-refractivity contribution in [1.29, 1.82) is 0 Å². The fourth-order valence-corrected chi connectivity index (χ4v) is 1.41.